The number of hydrogen-bond donors (Lipinski definition) is 2. The van der Waals surface area contributed by atoms with Crippen LogP contribution in [0.5, 0.6) is 0 Å². The van der Waals surface area contributed by atoms with E-state index in [1.807, 2.05) is 0 Å². The molecule has 0 heterocycles. The molecule has 0 atom stereocenters. The molecule has 0 aliphatic carbocycles. The van der Waals surface area contributed by atoms with E-state index < -0.39 is 5.97 Å². The number of aromatic carboxylic acids is 1. The fourth-order valence-corrected chi connectivity index (χ4v) is 1.44. The van der Waals surface area contributed by atoms with Crippen molar-refractivity contribution in [1.29, 1.82) is 0 Å². The van der Waals surface area contributed by atoms with Gasteiger partial charge in [-0.3, -0.25) is 4.79 Å². The molecular formula is C14H19NO3. The summed E-state index contributed by atoms with van der Waals surface area (Å²) in [5.41, 5.74) is 0.803. The van der Waals surface area contributed by atoms with Crippen LogP contribution in [0.2, 0.25) is 0 Å². The Morgan fingerprint density at radius 3 is 2.50 bits per heavy atom. The number of rotatable bonds is 4. The molecule has 0 bridgehead atoms. The van der Waals surface area contributed by atoms with Gasteiger partial charge in [0, 0.05) is 12.1 Å². The Morgan fingerprint density at radius 1 is 1.28 bits per heavy atom. The zero-order valence-corrected chi connectivity index (χ0v) is 11.0. The smallest absolute Gasteiger partial charge is 0.335 e. The van der Waals surface area contributed by atoms with Gasteiger partial charge in [-0.25, -0.2) is 4.79 Å². The van der Waals surface area contributed by atoms with Gasteiger partial charge in [0.05, 0.1) is 5.56 Å². The number of carbonyl (C=O) groups excluding carboxylic acids is 1. The van der Waals surface area contributed by atoms with Crippen LogP contribution in [0, 0.1) is 5.41 Å². The van der Waals surface area contributed by atoms with Crippen molar-refractivity contribution < 1.29 is 14.7 Å². The average molecular weight is 249 g/mol. The number of nitrogens with one attached hydrogen (secondary N) is 1. The lowest BCUT2D eigenvalue weighted by molar-refractivity contribution is -0.116. The van der Waals surface area contributed by atoms with Crippen molar-refractivity contribution in [3.8, 4) is 0 Å². The normalized spacial score (nSPS) is 11.1. The average Bonchev–Trinajstić information content (AvgIpc) is 2.26. The molecule has 0 unspecified atom stereocenters. The Kier molecular flexibility index (Phi) is 4.48. The summed E-state index contributed by atoms with van der Waals surface area (Å²) in [5.74, 6) is -1.09. The van der Waals surface area contributed by atoms with Crippen LogP contribution < -0.4 is 5.32 Å². The highest BCUT2D eigenvalue weighted by atomic mass is 16.4. The zero-order chi connectivity index (χ0) is 13.8. The van der Waals surface area contributed by atoms with E-state index in [2.05, 4.69) is 26.1 Å². The van der Waals surface area contributed by atoms with E-state index in [0.29, 0.717) is 12.1 Å². The van der Waals surface area contributed by atoms with E-state index in [0.717, 1.165) is 6.42 Å². The number of carboxylic acid groups (broad SMARTS) is 1. The maximum Gasteiger partial charge on any atom is 0.335 e. The van der Waals surface area contributed by atoms with Crippen LogP contribution in [0.25, 0.3) is 0 Å². The first-order valence-electron chi connectivity index (χ1n) is 5.91. The lowest BCUT2D eigenvalue weighted by atomic mass is 9.90. The number of carbonyl (C=O) groups is 2. The topological polar surface area (TPSA) is 66.4 Å². The molecule has 0 aromatic heterocycles. The Bertz CT molecular complexity index is 447. The van der Waals surface area contributed by atoms with Crippen LogP contribution in [-0.2, 0) is 4.79 Å². The van der Waals surface area contributed by atoms with Crippen molar-refractivity contribution in [3.63, 3.8) is 0 Å². The van der Waals surface area contributed by atoms with Crippen molar-refractivity contribution in [2.24, 2.45) is 5.41 Å². The molecule has 0 saturated heterocycles. The summed E-state index contributed by atoms with van der Waals surface area (Å²) in [6.45, 7) is 6.22. The zero-order valence-electron chi connectivity index (χ0n) is 11.0. The quantitative estimate of drug-likeness (QED) is 0.861. The highest BCUT2D eigenvalue weighted by Crippen LogP contribution is 2.21. The minimum atomic E-state index is -0.999. The molecule has 18 heavy (non-hydrogen) atoms. The van der Waals surface area contributed by atoms with Crippen molar-refractivity contribution in [2.45, 2.75) is 33.6 Å². The minimum Gasteiger partial charge on any atom is -0.478 e. The maximum absolute atomic E-state index is 11.7. The van der Waals surface area contributed by atoms with Crippen molar-refractivity contribution >= 4 is 17.6 Å². The lowest BCUT2D eigenvalue weighted by Gasteiger charge is -2.17. The number of carboxylic acids is 1. The summed E-state index contributed by atoms with van der Waals surface area (Å²) < 4.78 is 0. The minimum absolute atomic E-state index is 0.0903. The molecule has 1 aromatic carbocycles. The van der Waals surface area contributed by atoms with Crippen LogP contribution in [0.3, 0.4) is 0 Å². The van der Waals surface area contributed by atoms with Gasteiger partial charge in [0.2, 0.25) is 5.91 Å². The largest absolute Gasteiger partial charge is 0.478 e. The van der Waals surface area contributed by atoms with Crippen LogP contribution >= 0.6 is 0 Å². The number of benzene rings is 1. The first-order valence-corrected chi connectivity index (χ1v) is 5.91. The fourth-order valence-electron chi connectivity index (χ4n) is 1.44. The molecule has 1 aromatic rings. The Labute approximate surface area is 107 Å². The van der Waals surface area contributed by atoms with Gasteiger partial charge in [-0.2, -0.15) is 0 Å². The molecule has 4 heteroatoms. The molecule has 0 fully saturated rings. The SMILES string of the molecule is CC(C)(C)CCC(=O)Nc1cccc(C(=O)O)c1. The summed E-state index contributed by atoms with van der Waals surface area (Å²) >= 11 is 0. The number of anilines is 1. The van der Waals surface area contributed by atoms with Gasteiger partial charge in [0.15, 0.2) is 0 Å². The summed E-state index contributed by atoms with van der Waals surface area (Å²) in [4.78, 5) is 22.5. The van der Waals surface area contributed by atoms with E-state index in [1.165, 1.54) is 12.1 Å². The Morgan fingerprint density at radius 2 is 1.94 bits per heavy atom. The molecule has 0 saturated carbocycles. The van der Waals surface area contributed by atoms with Crippen LogP contribution in [-0.4, -0.2) is 17.0 Å². The van der Waals surface area contributed by atoms with Crippen LogP contribution in [0.15, 0.2) is 24.3 Å². The molecule has 1 amide bonds. The van der Waals surface area contributed by atoms with E-state index in [-0.39, 0.29) is 16.9 Å². The number of hydrogen-bond acceptors (Lipinski definition) is 2. The second-order valence-corrected chi connectivity index (χ2v) is 5.49. The van der Waals surface area contributed by atoms with E-state index in [1.54, 1.807) is 12.1 Å². The van der Waals surface area contributed by atoms with Crippen LogP contribution in [0.4, 0.5) is 5.69 Å². The summed E-state index contributed by atoms with van der Waals surface area (Å²) in [6, 6.07) is 6.24. The van der Waals surface area contributed by atoms with Gasteiger partial charge in [-0.15, -0.1) is 0 Å². The molecule has 0 radical (unpaired) electrons. The third-order valence-electron chi connectivity index (χ3n) is 2.50. The first kappa shape index (κ1) is 14.2. The van der Waals surface area contributed by atoms with Crippen molar-refractivity contribution in [1.82, 2.24) is 0 Å². The third kappa shape index (κ3) is 4.99. The van der Waals surface area contributed by atoms with Gasteiger partial charge >= 0.3 is 5.97 Å². The van der Waals surface area contributed by atoms with E-state index in [4.69, 9.17) is 5.11 Å². The van der Waals surface area contributed by atoms with Gasteiger partial charge in [-0.1, -0.05) is 26.8 Å². The van der Waals surface area contributed by atoms with Gasteiger partial charge in [0.25, 0.3) is 0 Å². The Hall–Kier alpha value is -1.84. The lowest BCUT2D eigenvalue weighted by Crippen LogP contribution is -2.15. The second kappa shape index (κ2) is 5.67. The Balaban J connectivity index is 2.59. The molecule has 2 N–H and O–H groups in total. The molecule has 0 aliphatic heterocycles. The molecule has 0 spiro atoms. The van der Waals surface area contributed by atoms with Crippen LogP contribution in [0.1, 0.15) is 44.0 Å². The van der Waals surface area contributed by atoms with Gasteiger partial charge < -0.3 is 10.4 Å². The molecular weight excluding hydrogens is 230 g/mol. The predicted octanol–water partition coefficient (Wildman–Crippen LogP) is 3.15. The molecule has 4 nitrogen and oxygen atoms in total. The monoisotopic (exact) mass is 249 g/mol. The van der Waals surface area contributed by atoms with Crippen molar-refractivity contribution in [3.05, 3.63) is 29.8 Å². The molecule has 0 aliphatic rings. The van der Waals surface area contributed by atoms with E-state index >= 15 is 0 Å². The van der Waals surface area contributed by atoms with Crippen molar-refractivity contribution in [2.75, 3.05) is 5.32 Å². The molecule has 1 rings (SSSR count). The highest BCUT2D eigenvalue weighted by molar-refractivity contribution is 5.93. The second-order valence-electron chi connectivity index (χ2n) is 5.49. The highest BCUT2D eigenvalue weighted by Gasteiger charge is 2.13. The predicted molar refractivity (Wildman–Crippen MR) is 70.7 cm³/mol. The summed E-state index contributed by atoms with van der Waals surface area (Å²) in [7, 11) is 0. The van der Waals surface area contributed by atoms with Gasteiger partial charge in [0.1, 0.15) is 0 Å². The standard InChI is InChI=1S/C14H19NO3/c1-14(2,3)8-7-12(16)15-11-6-4-5-10(9-11)13(17)18/h4-6,9H,7-8H2,1-3H3,(H,15,16)(H,17,18). The fraction of sp³-hybridized carbons (Fsp3) is 0.429. The maximum atomic E-state index is 11.7. The van der Waals surface area contributed by atoms with E-state index in [9.17, 15) is 9.59 Å². The first-order chi connectivity index (χ1) is 8.28. The number of amides is 1. The summed E-state index contributed by atoms with van der Waals surface area (Å²) in [5, 5.41) is 11.5. The third-order valence-corrected chi connectivity index (χ3v) is 2.50. The molecule has 98 valence electrons. The van der Waals surface area contributed by atoms with Gasteiger partial charge in [-0.05, 0) is 30.0 Å². The summed E-state index contributed by atoms with van der Waals surface area (Å²) in [6.07, 6.45) is 1.22.